The van der Waals surface area contributed by atoms with E-state index in [0.29, 0.717) is 6.54 Å². The van der Waals surface area contributed by atoms with E-state index in [0.717, 1.165) is 30.5 Å². The molecule has 1 aliphatic rings. The minimum absolute atomic E-state index is 0.151. The van der Waals surface area contributed by atoms with Gasteiger partial charge in [-0.25, -0.2) is 0 Å². The number of benzene rings is 2. The average Bonchev–Trinajstić information content (AvgIpc) is 2.68. The van der Waals surface area contributed by atoms with Gasteiger partial charge in [0, 0.05) is 19.7 Å². The smallest absolute Gasteiger partial charge is 0.232 e. The third-order valence-electron chi connectivity index (χ3n) is 5.31. The molecule has 0 bridgehead atoms. The molecule has 1 unspecified atom stereocenters. The lowest BCUT2D eigenvalue weighted by molar-refractivity contribution is -0.138. The van der Waals surface area contributed by atoms with Gasteiger partial charge in [0.1, 0.15) is 0 Å². The predicted molar refractivity (Wildman–Crippen MR) is 101 cm³/mol. The second-order valence-electron chi connectivity index (χ2n) is 7.51. The highest BCUT2D eigenvalue weighted by Gasteiger charge is 2.35. The van der Waals surface area contributed by atoms with Gasteiger partial charge in [-0.3, -0.25) is 4.79 Å². The lowest BCUT2D eigenvalue weighted by atomic mass is 9.81. The second kappa shape index (κ2) is 7.40. The Bertz CT molecular complexity index is 707. The molecule has 0 aromatic heterocycles. The van der Waals surface area contributed by atoms with Crippen molar-refractivity contribution in [2.75, 3.05) is 19.7 Å². The van der Waals surface area contributed by atoms with E-state index in [-0.39, 0.29) is 18.4 Å². The lowest BCUT2D eigenvalue weighted by Gasteiger charge is -2.37. The highest BCUT2D eigenvalue weighted by molar-refractivity contribution is 5.87. The molecule has 3 nitrogen and oxygen atoms in total. The zero-order valence-corrected chi connectivity index (χ0v) is 15.1. The highest BCUT2D eigenvalue weighted by Crippen LogP contribution is 2.30. The molecule has 1 N–H and O–H groups in total. The van der Waals surface area contributed by atoms with Crippen molar-refractivity contribution in [2.45, 2.75) is 32.1 Å². The van der Waals surface area contributed by atoms with Crippen molar-refractivity contribution >= 4 is 5.91 Å². The van der Waals surface area contributed by atoms with Crippen molar-refractivity contribution in [2.24, 2.45) is 5.92 Å². The molecule has 0 spiro atoms. The Labute approximate surface area is 150 Å². The van der Waals surface area contributed by atoms with E-state index in [2.05, 4.69) is 36.4 Å². The normalized spacial score (nSPS) is 18.2. The van der Waals surface area contributed by atoms with Crippen LogP contribution in [0.15, 0.2) is 54.6 Å². The molecule has 1 amide bonds. The summed E-state index contributed by atoms with van der Waals surface area (Å²) in [5.74, 6) is 0.368. The van der Waals surface area contributed by atoms with Crippen molar-refractivity contribution in [3.63, 3.8) is 0 Å². The molecule has 1 fully saturated rings. The third kappa shape index (κ3) is 3.77. The summed E-state index contributed by atoms with van der Waals surface area (Å²) in [5, 5.41) is 9.41. The molecule has 25 heavy (non-hydrogen) atoms. The number of likely N-dealkylation sites (tertiary alicyclic amines) is 1. The van der Waals surface area contributed by atoms with Crippen LogP contribution in [0.25, 0.3) is 11.1 Å². The van der Waals surface area contributed by atoms with Crippen LogP contribution in [0.3, 0.4) is 0 Å². The third-order valence-corrected chi connectivity index (χ3v) is 5.31. The van der Waals surface area contributed by atoms with E-state index in [1.54, 1.807) is 0 Å². The van der Waals surface area contributed by atoms with Crippen LogP contribution in [0, 0.1) is 5.92 Å². The number of aliphatic hydroxyl groups excluding tert-OH is 1. The van der Waals surface area contributed by atoms with Gasteiger partial charge in [0.2, 0.25) is 5.91 Å². The number of rotatable bonds is 4. The van der Waals surface area contributed by atoms with Crippen LogP contribution in [-0.2, 0) is 10.2 Å². The van der Waals surface area contributed by atoms with Crippen molar-refractivity contribution in [1.29, 1.82) is 0 Å². The number of hydrogen-bond acceptors (Lipinski definition) is 2. The van der Waals surface area contributed by atoms with E-state index >= 15 is 0 Å². The Morgan fingerprint density at radius 3 is 2.36 bits per heavy atom. The van der Waals surface area contributed by atoms with E-state index in [1.807, 2.05) is 36.9 Å². The zero-order chi connectivity index (χ0) is 17.9. The summed E-state index contributed by atoms with van der Waals surface area (Å²) >= 11 is 0. The lowest BCUT2D eigenvalue weighted by Crippen LogP contribution is -2.48. The molecule has 1 aliphatic heterocycles. The highest BCUT2D eigenvalue weighted by atomic mass is 16.3. The summed E-state index contributed by atoms with van der Waals surface area (Å²) in [7, 11) is 0. The van der Waals surface area contributed by atoms with Crippen LogP contribution in [0.4, 0.5) is 0 Å². The first kappa shape index (κ1) is 17.7. The van der Waals surface area contributed by atoms with Crippen LogP contribution in [-0.4, -0.2) is 35.6 Å². The number of nitrogens with zero attached hydrogens (tertiary/aromatic N) is 1. The van der Waals surface area contributed by atoms with Gasteiger partial charge in [0.25, 0.3) is 0 Å². The molecule has 2 aromatic rings. The minimum atomic E-state index is -0.563. The largest absolute Gasteiger partial charge is 0.396 e. The predicted octanol–water partition coefficient (Wildman–Crippen LogP) is 3.86. The second-order valence-corrected chi connectivity index (χ2v) is 7.51. The molecule has 3 rings (SSSR count). The van der Waals surface area contributed by atoms with Gasteiger partial charge < -0.3 is 10.0 Å². The average molecular weight is 337 g/mol. The Hall–Kier alpha value is -2.13. The Kier molecular flexibility index (Phi) is 5.24. The summed E-state index contributed by atoms with van der Waals surface area (Å²) in [6, 6.07) is 18.6. The molecule has 0 saturated carbocycles. The van der Waals surface area contributed by atoms with Gasteiger partial charge in [-0.2, -0.15) is 0 Å². The molecule has 2 aromatic carbocycles. The van der Waals surface area contributed by atoms with E-state index in [9.17, 15) is 9.90 Å². The minimum Gasteiger partial charge on any atom is -0.396 e. The van der Waals surface area contributed by atoms with Crippen LogP contribution in [0.1, 0.15) is 32.3 Å². The Morgan fingerprint density at radius 2 is 1.72 bits per heavy atom. The number of piperidine rings is 1. The van der Waals surface area contributed by atoms with Gasteiger partial charge in [0.05, 0.1) is 5.41 Å². The fourth-order valence-corrected chi connectivity index (χ4v) is 3.63. The maximum atomic E-state index is 13.1. The molecule has 0 radical (unpaired) electrons. The summed E-state index contributed by atoms with van der Waals surface area (Å²) in [6.45, 7) is 5.61. The van der Waals surface area contributed by atoms with Crippen LogP contribution in [0.2, 0.25) is 0 Å². The zero-order valence-electron chi connectivity index (χ0n) is 15.1. The van der Waals surface area contributed by atoms with Crippen LogP contribution < -0.4 is 0 Å². The summed E-state index contributed by atoms with van der Waals surface area (Å²) in [5.41, 5.74) is 2.81. The van der Waals surface area contributed by atoms with E-state index < -0.39 is 5.41 Å². The molecular formula is C22H27NO2. The molecule has 1 atom stereocenters. The quantitative estimate of drug-likeness (QED) is 0.920. The topological polar surface area (TPSA) is 40.5 Å². The van der Waals surface area contributed by atoms with Crippen molar-refractivity contribution in [1.82, 2.24) is 4.90 Å². The van der Waals surface area contributed by atoms with Crippen molar-refractivity contribution < 1.29 is 9.90 Å². The first-order valence-electron chi connectivity index (χ1n) is 9.08. The fourth-order valence-electron chi connectivity index (χ4n) is 3.63. The van der Waals surface area contributed by atoms with Crippen molar-refractivity contribution in [3.05, 3.63) is 60.2 Å². The first-order valence-corrected chi connectivity index (χ1v) is 9.08. The molecule has 1 saturated heterocycles. The van der Waals surface area contributed by atoms with Crippen LogP contribution in [0.5, 0.6) is 0 Å². The number of hydrogen-bond donors (Lipinski definition) is 1. The van der Waals surface area contributed by atoms with E-state index in [1.165, 1.54) is 5.56 Å². The van der Waals surface area contributed by atoms with Gasteiger partial charge in [-0.05, 0) is 49.3 Å². The number of carbonyl (C=O) groups excluding carboxylic acids is 1. The number of aliphatic hydroxyl groups is 1. The maximum absolute atomic E-state index is 13.1. The van der Waals surface area contributed by atoms with E-state index in [4.69, 9.17) is 0 Å². The summed E-state index contributed by atoms with van der Waals surface area (Å²) in [4.78, 5) is 15.0. The van der Waals surface area contributed by atoms with Crippen LogP contribution >= 0.6 is 0 Å². The van der Waals surface area contributed by atoms with Gasteiger partial charge in [-0.15, -0.1) is 0 Å². The molecule has 1 heterocycles. The molecule has 0 aliphatic carbocycles. The van der Waals surface area contributed by atoms with Gasteiger partial charge >= 0.3 is 0 Å². The summed E-state index contributed by atoms with van der Waals surface area (Å²) < 4.78 is 0. The monoisotopic (exact) mass is 337 g/mol. The molecular weight excluding hydrogens is 310 g/mol. The van der Waals surface area contributed by atoms with Crippen molar-refractivity contribution in [3.8, 4) is 11.1 Å². The maximum Gasteiger partial charge on any atom is 0.232 e. The Morgan fingerprint density at radius 1 is 1.08 bits per heavy atom. The SMILES string of the molecule is CC(C)(C(=O)N1CCCC(CO)C1)c1ccc(-c2ccccc2)cc1. The van der Waals surface area contributed by atoms with Gasteiger partial charge in [0.15, 0.2) is 0 Å². The first-order chi connectivity index (χ1) is 12.0. The molecule has 3 heteroatoms. The standard InChI is InChI=1S/C22H27NO2/c1-22(2,21(25)23-14-6-7-17(15-23)16-24)20-12-10-19(11-13-20)18-8-4-3-5-9-18/h3-5,8-13,17,24H,6-7,14-16H2,1-2H3. The fraction of sp³-hybridized carbons (Fsp3) is 0.409. The number of carbonyl (C=O) groups is 1. The van der Waals surface area contributed by atoms with Gasteiger partial charge in [-0.1, -0.05) is 54.6 Å². The summed E-state index contributed by atoms with van der Waals surface area (Å²) in [6.07, 6.45) is 1.98. The molecule has 132 valence electrons. The Balaban J connectivity index is 1.78. The number of amides is 1.